The summed E-state index contributed by atoms with van der Waals surface area (Å²) in [7, 11) is 0. The number of halogens is 1. The van der Waals surface area contributed by atoms with Crippen LogP contribution in [0.5, 0.6) is 0 Å². The third-order valence-corrected chi connectivity index (χ3v) is 4.43. The standard InChI is InChI=1S/C10H14ClN3S/c11-9-10(14-15-13-9)12-8(7-4-5-7)6-2-1-3-6/h6-8H,1-5H2,(H,12,14). The first-order chi connectivity index (χ1) is 7.34. The lowest BCUT2D eigenvalue weighted by Gasteiger charge is -2.34. The zero-order chi connectivity index (χ0) is 10.3. The van der Waals surface area contributed by atoms with Crippen LogP contribution in [0.3, 0.4) is 0 Å². The summed E-state index contributed by atoms with van der Waals surface area (Å²) in [6.07, 6.45) is 6.85. The number of rotatable bonds is 4. The van der Waals surface area contributed by atoms with Crippen molar-refractivity contribution in [3.63, 3.8) is 0 Å². The Morgan fingerprint density at radius 2 is 1.93 bits per heavy atom. The Balaban J connectivity index is 1.70. The van der Waals surface area contributed by atoms with Crippen LogP contribution in [-0.4, -0.2) is 14.8 Å². The Morgan fingerprint density at radius 1 is 1.20 bits per heavy atom. The van der Waals surface area contributed by atoms with E-state index in [1.165, 1.54) is 43.8 Å². The van der Waals surface area contributed by atoms with Crippen LogP contribution in [0.4, 0.5) is 5.82 Å². The molecule has 1 aromatic rings. The molecule has 0 bridgehead atoms. The predicted octanol–water partition coefficient (Wildman–Crippen LogP) is 3.18. The molecule has 1 unspecified atom stereocenters. The van der Waals surface area contributed by atoms with Gasteiger partial charge in [0.25, 0.3) is 0 Å². The summed E-state index contributed by atoms with van der Waals surface area (Å²) in [6.45, 7) is 0. The Bertz CT molecular complexity index is 346. The minimum absolute atomic E-state index is 0.532. The molecule has 1 N–H and O–H groups in total. The monoisotopic (exact) mass is 243 g/mol. The highest BCUT2D eigenvalue weighted by Crippen LogP contribution is 2.44. The molecule has 1 aromatic heterocycles. The van der Waals surface area contributed by atoms with Gasteiger partial charge in [-0.2, -0.15) is 8.75 Å². The van der Waals surface area contributed by atoms with E-state index in [1.807, 2.05) is 0 Å². The second kappa shape index (κ2) is 3.91. The Kier molecular flexibility index (Phi) is 2.56. The van der Waals surface area contributed by atoms with Crippen molar-refractivity contribution in [3.05, 3.63) is 5.15 Å². The fourth-order valence-electron chi connectivity index (χ4n) is 2.30. The van der Waals surface area contributed by atoms with Crippen LogP contribution in [0.2, 0.25) is 5.15 Å². The predicted molar refractivity (Wildman–Crippen MR) is 62.4 cm³/mol. The third kappa shape index (κ3) is 1.97. The van der Waals surface area contributed by atoms with Crippen molar-refractivity contribution in [1.82, 2.24) is 8.75 Å². The van der Waals surface area contributed by atoms with Gasteiger partial charge in [0.1, 0.15) is 0 Å². The van der Waals surface area contributed by atoms with Crippen LogP contribution in [-0.2, 0) is 0 Å². The molecule has 0 spiro atoms. The summed E-state index contributed by atoms with van der Waals surface area (Å²) in [5.74, 6) is 2.49. The maximum Gasteiger partial charge on any atom is 0.186 e. The first-order valence-electron chi connectivity index (χ1n) is 5.59. The maximum atomic E-state index is 5.95. The van der Waals surface area contributed by atoms with E-state index in [1.54, 1.807) is 0 Å². The number of aromatic nitrogens is 2. The lowest BCUT2D eigenvalue weighted by molar-refractivity contribution is 0.257. The van der Waals surface area contributed by atoms with Gasteiger partial charge in [-0.25, -0.2) is 0 Å². The van der Waals surface area contributed by atoms with Crippen molar-refractivity contribution >= 4 is 29.1 Å². The topological polar surface area (TPSA) is 37.8 Å². The fraction of sp³-hybridized carbons (Fsp3) is 0.800. The van der Waals surface area contributed by atoms with Gasteiger partial charge in [0, 0.05) is 6.04 Å². The van der Waals surface area contributed by atoms with E-state index in [2.05, 4.69) is 14.1 Å². The normalized spacial score (nSPS) is 23.5. The van der Waals surface area contributed by atoms with E-state index in [9.17, 15) is 0 Å². The summed E-state index contributed by atoms with van der Waals surface area (Å²) >= 11 is 7.13. The van der Waals surface area contributed by atoms with Crippen molar-refractivity contribution in [1.29, 1.82) is 0 Å². The van der Waals surface area contributed by atoms with Crippen LogP contribution in [0.25, 0.3) is 0 Å². The van der Waals surface area contributed by atoms with Crippen LogP contribution < -0.4 is 5.32 Å². The molecule has 3 rings (SSSR count). The highest BCUT2D eigenvalue weighted by molar-refractivity contribution is 6.99. The number of hydrogen-bond donors (Lipinski definition) is 1. The molecular formula is C10H14ClN3S. The zero-order valence-corrected chi connectivity index (χ0v) is 10.0. The molecule has 0 aromatic carbocycles. The molecule has 3 nitrogen and oxygen atoms in total. The Labute approximate surface area is 98.6 Å². The molecular weight excluding hydrogens is 230 g/mol. The smallest absolute Gasteiger partial charge is 0.186 e. The van der Waals surface area contributed by atoms with Crippen LogP contribution in [0.15, 0.2) is 0 Å². The summed E-state index contributed by atoms with van der Waals surface area (Å²) in [6, 6.07) is 0.597. The summed E-state index contributed by atoms with van der Waals surface area (Å²) in [5.41, 5.74) is 0. The lowest BCUT2D eigenvalue weighted by atomic mass is 9.78. The van der Waals surface area contributed by atoms with Crippen LogP contribution in [0, 0.1) is 11.8 Å². The van der Waals surface area contributed by atoms with Crippen LogP contribution in [0.1, 0.15) is 32.1 Å². The molecule has 2 fully saturated rings. The highest BCUT2D eigenvalue weighted by atomic mass is 35.5. The summed E-state index contributed by atoms with van der Waals surface area (Å²) in [5, 5.41) is 4.03. The molecule has 1 atom stereocenters. The van der Waals surface area contributed by atoms with Gasteiger partial charge < -0.3 is 5.32 Å². The number of nitrogens with one attached hydrogen (secondary N) is 1. The van der Waals surface area contributed by atoms with Gasteiger partial charge in [0.05, 0.1) is 11.7 Å². The number of anilines is 1. The van der Waals surface area contributed by atoms with Gasteiger partial charge in [-0.05, 0) is 37.5 Å². The van der Waals surface area contributed by atoms with Crippen molar-refractivity contribution < 1.29 is 0 Å². The molecule has 0 amide bonds. The SMILES string of the molecule is Clc1nsnc1NC(C1CCC1)C1CC1. The number of nitrogens with zero attached hydrogens (tertiary/aromatic N) is 2. The summed E-state index contributed by atoms with van der Waals surface area (Å²) < 4.78 is 8.18. The average molecular weight is 244 g/mol. The minimum Gasteiger partial charge on any atom is -0.363 e. The summed E-state index contributed by atoms with van der Waals surface area (Å²) in [4.78, 5) is 0. The fourth-order valence-corrected chi connectivity index (χ4v) is 2.96. The first kappa shape index (κ1) is 9.85. The van der Waals surface area contributed by atoms with E-state index in [-0.39, 0.29) is 0 Å². The van der Waals surface area contributed by atoms with E-state index >= 15 is 0 Å². The van der Waals surface area contributed by atoms with Gasteiger partial charge in [-0.15, -0.1) is 0 Å². The molecule has 5 heteroatoms. The molecule has 15 heavy (non-hydrogen) atoms. The molecule has 0 radical (unpaired) electrons. The van der Waals surface area contributed by atoms with Crippen molar-refractivity contribution in [2.24, 2.45) is 11.8 Å². The van der Waals surface area contributed by atoms with Gasteiger partial charge in [0.15, 0.2) is 11.0 Å². The van der Waals surface area contributed by atoms with Gasteiger partial charge in [-0.3, -0.25) is 0 Å². The third-order valence-electron chi connectivity index (χ3n) is 3.54. The molecule has 82 valence electrons. The molecule has 2 aliphatic rings. The van der Waals surface area contributed by atoms with Crippen molar-refractivity contribution in [3.8, 4) is 0 Å². The molecule has 2 aliphatic carbocycles. The Morgan fingerprint density at radius 3 is 2.40 bits per heavy atom. The maximum absolute atomic E-state index is 5.95. The molecule has 2 saturated carbocycles. The minimum atomic E-state index is 0.532. The first-order valence-corrected chi connectivity index (χ1v) is 6.70. The number of hydrogen-bond acceptors (Lipinski definition) is 4. The second-order valence-corrected chi connectivity index (χ2v) is 5.49. The molecule has 1 heterocycles. The molecule has 0 saturated heterocycles. The van der Waals surface area contributed by atoms with E-state index in [4.69, 9.17) is 11.6 Å². The largest absolute Gasteiger partial charge is 0.363 e. The average Bonchev–Trinajstić information content (AvgIpc) is 2.89. The van der Waals surface area contributed by atoms with E-state index in [0.717, 1.165) is 17.7 Å². The van der Waals surface area contributed by atoms with Crippen LogP contribution >= 0.6 is 23.3 Å². The van der Waals surface area contributed by atoms with Gasteiger partial charge in [-0.1, -0.05) is 18.0 Å². The zero-order valence-electron chi connectivity index (χ0n) is 8.45. The second-order valence-electron chi connectivity index (χ2n) is 4.60. The van der Waals surface area contributed by atoms with Gasteiger partial charge in [0.2, 0.25) is 0 Å². The van der Waals surface area contributed by atoms with E-state index in [0.29, 0.717) is 11.2 Å². The molecule has 0 aliphatic heterocycles. The van der Waals surface area contributed by atoms with Crippen molar-refractivity contribution in [2.45, 2.75) is 38.1 Å². The van der Waals surface area contributed by atoms with Gasteiger partial charge >= 0.3 is 0 Å². The van der Waals surface area contributed by atoms with E-state index < -0.39 is 0 Å². The van der Waals surface area contributed by atoms with Crippen molar-refractivity contribution in [2.75, 3.05) is 5.32 Å². The quantitative estimate of drug-likeness (QED) is 0.883. The lowest BCUT2D eigenvalue weighted by Crippen LogP contribution is -2.35. The highest BCUT2D eigenvalue weighted by Gasteiger charge is 2.39. The Hall–Kier alpha value is -0.350.